The second-order valence-corrected chi connectivity index (χ2v) is 6.37. The molecule has 1 heterocycles. The lowest BCUT2D eigenvalue weighted by Gasteiger charge is -2.18. The highest BCUT2D eigenvalue weighted by Gasteiger charge is 2.32. The molecule has 4 nitrogen and oxygen atoms in total. The maximum Gasteiger partial charge on any atom is 0.237 e. The average Bonchev–Trinajstić information content (AvgIpc) is 3.10. The van der Waals surface area contributed by atoms with Crippen molar-refractivity contribution in [3.63, 3.8) is 0 Å². The van der Waals surface area contributed by atoms with Crippen LogP contribution in [0.5, 0.6) is 0 Å². The van der Waals surface area contributed by atoms with Crippen LogP contribution in [0.2, 0.25) is 10.0 Å². The van der Waals surface area contributed by atoms with Gasteiger partial charge in [0.1, 0.15) is 0 Å². The van der Waals surface area contributed by atoms with Gasteiger partial charge in [-0.05, 0) is 36.5 Å². The number of halogens is 2. The Kier molecular flexibility index (Phi) is 4.41. The largest absolute Gasteiger partial charge is 0.380 e. The van der Waals surface area contributed by atoms with Crippen molar-refractivity contribution >= 4 is 29.1 Å². The van der Waals surface area contributed by atoms with Crippen molar-refractivity contribution in [2.45, 2.75) is 37.5 Å². The zero-order chi connectivity index (χ0) is 15.0. The van der Waals surface area contributed by atoms with E-state index in [9.17, 15) is 4.79 Å². The van der Waals surface area contributed by atoms with E-state index in [2.05, 4.69) is 10.6 Å². The van der Waals surface area contributed by atoms with Crippen LogP contribution in [0.15, 0.2) is 12.1 Å². The number of carbonyl (C=O) groups is 1. The molecule has 0 bridgehead atoms. The summed E-state index contributed by atoms with van der Waals surface area (Å²) in [6, 6.07) is 3.59. The molecule has 1 saturated heterocycles. The van der Waals surface area contributed by atoms with E-state index in [1.54, 1.807) is 13.2 Å². The Morgan fingerprint density at radius 3 is 2.95 bits per heavy atom. The van der Waals surface area contributed by atoms with Gasteiger partial charge in [-0.25, -0.2) is 0 Å². The van der Waals surface area contributed by atoms with Gasteiger partial charge in [-0.2, -0.15) is 0 Å². The van der Waals surface area contributed by atoms with Crippen LogP contribution in [0, 0.1) is 0 Å². The molecule has 6 heteroatoms. The number of fused-ring (bicyclic) bond motifs is 1. The molecular weight excluding hydrogens is 311 g/mol. The molecule has 0 saturated carbocycles. The molecule has 1 aliphatic heterocycles. The number of hydrogen-bond donors (Lipinski definition) is 2. The third-order valence-corrected chi connectivity index (χ3v) is 5.19. The molecule has 0 spiro atoms. The first-order chi connectivity index (χ1) is 10.1. The fourth-order valence-corrected chi connectivity index (χ4v) is 3.58. The Morgan fingerprint density at radius 1 is 1.43 bits per heavy atom. The third kappa shape index (κ3) is 2.90. The van der Waals surface area contributed by atoms with Crippen molar-refractivity contribution in [1.82, 2.24) is 10.6 Å². The monoisotopic (exact) mass is 328 g/mol. The van der Waals surface area contributed by atoms with Gasteiger partial charge in [0, 0.05) is 13.7 Å². The Hall–Kier alpha value is -0.810. The summed E-state index contributed by atoms with van der Waals surface area (Å²) in [7, 11) is 1.67. The third-order valence-electron chi connectivity index (χ3n) is 4.35. The normalized spacial score (nSPS) is 27.7. The smallest absolute Gasteiger partial charge is 0.237 e. The highest BCUT2D eigenvalue weighted by molar-refractivity contribution is 6.42. The number of hydrogen-bond acceptors (Lipinski definition) is 3. The van der Waals surface area contributed by atoms with Crippen LogP contribution >= 0.6 is 23.2 Å². The number of amides is 1. The summed E-state index contributed by atoms with van der Waals surface area (Å²) in [6.07, 6.45) is 2.54. The van der Waals surface area contributed by atoms with E-state index >= 15 is 0 Å². The van der Waals surface area contributed by atoms with Crippen molar-refractivity contribution in [3.05, 3.63) is 33.3 Å². The second-order valence-electron chi connectivity index (χ2n) is 5.58. The molecule has 1 aromatic rings. The first kappa shape index (κ1) is 15.1. The summed E-state index contributed by atoms with van der Waals surface area (Å²) in [5.41, 5.74) is 2.14. The molecule has 1 fully saturated rings. The Balaban J connectivity index is 1.68. The summed E-state index contributed by atoms with van der Waals surface area (Å²) >= 11 is 12.3. The molecule has 21 heavy (non-hydrogen) atoms. The summed E-state index contributed by atoms with van der Waals surface area (Å²) in [4.78, 5) is 12.3. The minimum absolute atomic E-state index is 0.0191. The molecule has 0 aromatic heterocycles. The van der Waals surface area contributed by atoms with Gasteiger partial charge in [-0.1, -0.05) is 29.3 Å². The first-order valence-electron chi connectivity index (χ1n) is 7.13. The molecule has 2 aliphatic rings. The van der Waals surface area contributed by atoms with Gasteiger partial charge < -0.3 is 15.4 Å². The van der Waals surface area contributed by atoms with E-state index in [0.29, 0.717) is 16.5 Å². The number of carbonyl (C=O) groups excluding carboxylic acids is 1. The molecule has 1 aromatic carbocycles. The minimum Gasteiger partial charge on any atom is -0.380 e. The standard InChI is InChI=1S/C15H18Cl2N2O2/c1-21-8-6-13(18-7-8)15(20)19-12-5-3-10-9(12)2-4-11(16)14(10)17/h2,4,8,12-13,18H,3,5-7H2,1H3,(H,19,20)/t8-,12+,13+/m0/s1. The lowest BCUT2D eigenvalue weighted by atomic mass is 10.1. The molecule has 3 rings (SSSR count). The van der Waals surface area contributed by atoms with Crippen molar-refractivity contribution in [2.24, 2.45) is 0 Å². The van der Waals surface area contributed by atoms with Crippen LogP contribution in [0.3, 0.4) is 0 Å². The number of methoxy groups -OCH3 is 1. The minimum atomic E-state index is -0.179. The van der Waals surface area contributed by atoms with Gasteiger partial charge in [0.05, 0.1) is 28.2 Å². The summed E-state index contributed by atoms with van der Waals surface area (Å²) in [5, 5.41) is 7.49. The first-order valence-corrected chi connectivity index (χ1v) is 7.89. The predicted molar refractivity (Wildman–Crippen MR) is 82.9 cm³/mol. The second kappa shape index (κ2) is 6.13. The van der Waals surface area contributed by atoms with Crippen molar-refractivity contribution in [2.75, 3.05) is 13.7 Å². The van der Waals surface area contributed by atoms with Crippen LogP contribution in [-0.4, -0.2) is 31.7 Å². The summed E-state index contributed by atoms with van der Waals surface area (Å²) in [5.74, 6) is 0.0264. The molecule has 114 valence electrons. The molecule has 0 radical (unpaired) electrons. The van der Waals surface area contributed by atoms with Crippen LogP contribution in [0.1, 0.15) is 30.0 Å². The fraction of sp³-hybridized carbons (Fsp3) is 0.533. The fourth-order valence-electron chi connectivity index (χ4n) is 3.14. The van der Waals surface area contributed by atoms with Crippen molar-refractivity contribution in [3.8, 4) is 0 Å². The summed E-state index contributed by atoms with van der Waals surface area (Å²) in [6.45, 7) is 0.720. The van der Waals surface area contributed by atoms with Crippen molar-refractivity contribution < 1.29 is 9.53 Å². The summed E-state index contributed by atoms with van der Waals surface area (Å²) < 4.78 is 5.27. The lowest BCUT2D eigenvalue weighted by Crippen LogP contribution is -2.41. The van der Waals surface area contributed by atoms with Gasteiger partial charge in [0.2, 0.25) is 5.91 Å². The van der Waals surface area contributed by atoms with E-state index in [4.69, 9.17) is 27.9 Å². The van der Waals surface area contributed by atoms with Gasteiger partial charge in [-0.15, -0.1) is 0 Å². The van der Waals surface area contributed by atoms with E-state index in [1.165, 1.54) is 0 Å². The predicted octanol–water partition coefficient (Wildman–Crippen LogP) is 2.47. The number of nitrogens with one attached hydrogen (secondary N) is 2. The van der Waals surface area contributed by atoms with Gasteiger partial charge >= 0.3 is 0 Å². The SMILES string of the molecule is CO[C@@H]1CN[C@@H](C(=O)N[C@@H]2CCc3c2ccc(Cl)c3Cl)C1. The van der Waals surface area contributed by atoms with E-state index in [-0.39, 0.29) is 24.1 Å². The Labute approximate surface area is 134 Å². The van der Waals surface area contributed by atoms with Gasteiger partial charge in [-0.3, -0.25) is 4.79 Å². The zero-order valence-electron chi connectivity index (χ0n) is 11.8. The number of benzene rings is 1. The number of ether oxygens (including phenoxy) is 1. The highest BCUT2D eigenvalue weighted by atomic mass is 35.5. The molecule has 0 unspecified atom stereocenters. The molecule has 1 amide bonds. The highest BCUT2D eigenvalue weighted by Crippen LogP contribution is 2.39. The maximum atomic E-state index is 12.3. The van der Waals surface area contributed by atoms with E-state index in [0.717, 1.165) is 30.5 Å². The molecule has 3 atom stereocenters. The quantitative estimate of drug-likeness (QED) is 0.896. The maximum absolute atomic E-state index is 12.3. The molecular formula is C15H18Cl2N2O2. The van der Waals surface area contributed by atoms with Crippen LogP contribution in [-0.2, 0) is 16.0 Å². The lowest BCUT2D eigenvalue weighted by molar-refractivity contribution is -0.123. The Bertz CT molecular complexity index is 565. The van der Waals surface area contributed by atoms with Crippen LogP contribution in [0.25, 0.3) is 0 Å². The van der Waals surface area contributed by atoms with Crippen LogP contribution in [0.4, 0.5) is 0 Å². The molecule has 2 N–H and O–H groups in total. The van der Waals surface area contributed by atoms with Gasteiger partial charge in [0.25, 0.3) is 0 Å². The topological polar surface area (TPSA) is 50.4 Å². The van der Waals surface area contributed by atoms with Crippen LogP contribution < -0.4 is 10.6 Å². The van der Waals surface area contributed by atoms with E-state index < -0.39 is 0 Å². The molecule has 1 aliphatic carbocycles. The zero-order valence-corrected chi connectivity index (χ0v) is 13.3. The van der Waals surface area contributed by atoms with Gasteiger partial charge in [0.15, 0.2) is 0 Å². The average molecular weight is 329 g/mol. The number of rotatable bonds is 3. The Morgan fingerprint density at radius 2 is 2.24 bits per heavy atom. The van der Waals surface area contributed by atoms with Crippen molar-refractivity contribution in [1.29, 1.82) is 0 Å². The van der Waals surface area contributed by atoms with E-state index in [1.807, 2.05) is 6.07 Å².